The molecule has 1 unspecified atom stereocenters. The lowest BCUT2D eigenvalue weighted by Gasteiger charge is -2.20. The van der Waals surface area contributed by atoms with Crippen molar-refractivity contribution in [3.05, 3.63) is 23.5 Å². The van der Waals surface area contributed by atoms with Gasteiger partial charge >= 0.3 is 0 Å². The fourth-order valence-corrected chi connectivity index (χ4v) is 4.29. The van der Waals surface area contributed by atoms with Crippen LogP contribution < -0.4 is 10.6 Å². The second-order valence-corrected chi connectivity index (χ2v) is 8.56. The van der Waals surface area contributed by atoms with Crippen molar-refractivity contribution in [1.82, 2.24) is 20.2 Å². The van der Waals surface area contributed by atoms with E-state index in [0.29, 0.717) is 24.3 Å². The normalized spacial score (nSPS) is 22.2. The van der Waals surface area contributed by atoms with E-state index in [1.165, 1.54) is 56.4 Å². The lowest BCUT2D eigenvalue weighted by Crippen LogP contribution is -2.23. The van der Waals surface area contributed by atoms with Crippen LogP contribution in [-0.4, -0.2) is 38.5 Å². The molecule has 1 atom stereocenters. The highest BCUT2D eigenvalue weighted by Crippen LogP contribution is 2.39. The van der Waals surface area contributed by atoms with E-state index < -0.39 is 0 Å². The van der Waals surface area contributed by atoms with Crippen molar-refractivity contribution < 1.29 is 4.84 Å². The first-order valence-electron chi connectivity index (χ1n) is 10.9. The average Bonchev–Trinajstić information content (AvgIpc) is 3.29. The summed E-state index contributed by atoms with van der Waals surface area (Å²) in [6.45, 7) is 2.62. The van der Waals surface area contributed by atoms with E-state index in [1.807, 2.05) is 13.0 Å². The zero-order chi connectivity index (χ0) is 19.6. The van der Waals surface area contributed by atoms with Gasteiger partial charge in [0, 0.05) is 41.8 Å². The molecule has 3 heterocycles. The van der Waals surface area contributed by atoms with Crippen LogP contribution >= 0.6 is 0 Å². The number of oxime groups is 1. The number of hydrogen-bond donors (Lipinski definition) is 3. The maximum absolute atomic E-state index is 5.67. The molecule has 2 aromatic rings. The van der Waals surface area contributed by atoms with Gasteiger partial charge in [0.1, 0.15) is 11.9 Å². The predicted octanol–water partition coefficient (Wildman–Crippen LogP) is 4.27. The van der Waals surface area contributed by atoms with Gasteiger partial charge in [0.2, 0.25) is 5.95 Å². The molecule has 5 rings (SSSR count). The minimum Gasteiger partial charge on any atom is -0.390 e. The van der Waals surface area contributed by atoms with Gasteiger partial charge in [-0.25, -0.2) is 4.98 Å². The van der Waals surface area contributed by atoms with Crippen LogP contribution in [0.5, 0.6) is 0 Å². The Kier molecular flexibility index (Phi) is 5.08. The van der Waals surface area contributed by atoms with E-state index in [0.717, 1.165) is 23.8 Å². The van der Waals surface area contributed by atoms with Crippen LogP contribution in [0.25, 0.3) is 0 Å². The monoisotopic (exact) mass is 395 g/mol. The van der Waals surface area contributed by atoms with Crippen molar-refractivity contribution in [2.24, 2.45) is 11.1 Å². The van der Waals surface area contributed by atoms with Crippen LogP contribution in [0, 0.1) is 12.8 Å². The van der Waals surface area contributed by atoms with E-state index in [1.54, 1.807) is 0 Å². The number of aromatic nitrogens is 4. The van der Waals surface area contributed by atoms with Crippen molar-refractivity contribution >= 4 is 23.3 Å². The Balaban J connectivity index is 1.16. The number of anilines is 3. The molecule has 0 radical (unpaired) electrons. The lowest BCUT2D eigenvalue weighted by molar-refractivity contribution is 0.0947. The fraction of sp³-hybridized carbons (Fsp3) is 0.619. The highest BCUT2D eigenvalue weighted by molar-refractivity contribution is 5.87. The molecule has 1 aliphatic heterocycles. The summed E-state index contributed by atoms with van der Waals surface area (Å²) >= 11 is 0. The van der Waals surface area contributed by atoms with Gasteiger partial charge < -0.3 is 15.5 Å². The Morgan fingerprint density at radius 3 is 2.72 bits per heavy atom. The lowest BCUT2D eigenvalue weighted by atomic mass is 9.84. The zero-order valence-electron chi connectivity index (χ0n) is 16.9. The quantitative estimate of drug-likeness (QED) is 0.647. The molecule has 0 spiro atoms. The summed E-state index contributed by atoms with van der Waals surface area (Å²) in [6.07, 6.45) is 9.97. The molecule has 2 saturated carbocycles. The van der Waals surface area contributed by atoms with E-state index in [2.05, 4.69) is 42.0 Å². The minimum atomic E-state index is 0.0555. The molecule has 8 heteroatoms. The van der Waals surface area contributed by atoms with Gasteiger partial charge in [-0.15, -0.1) is 0 Å². The van der Waals surface area contributed by atoms with Crippen LogP contribution in [0.1, 0.15) is 68.7 Å². The van der Waals surface area contributed by atoms with Crippen LogP contribution in [0.3, 0.4) is 0 Å². The Bertz CT molecular complexity index is 883. The smallest absolute Gasteiger partial charge is 0.224 e. The summed E-state index contributed by atoms with van der Waals surface area (Å²) in [5.74, 6) is 3.39. The predicted molar refractivity (Wildman–Crippen MR) is 113 cm³/mol. The van der Waals surface area contributed by atoms with Gasteiger partial charge in [0.15, 0.2) is 5.82 Å². The molecule has 0 aromatic carbocycles. The third kappa shape index (κ3) is 4.52. The van der Waals surface area contributed by atoms with Crippen LogP contribution in [0.15, 0.2) is 17.3 Å². The molecular weight excluding hydrogens is 366 g/mol. The summed E-state index contributed by atoms with van der Waals surface area (Å²) in [7, 11) is 0. The van der Waals surface area contributed by atoms with Crippen molar-refractivity contribution in [3.63, 3.8) is 0 Å². The first-order valence-corrected chi connectivity index (χ1v) is 10.9. The Hall–Kier alpha value is -2.64. The topological polar surface area (TPSA) is 100 Å². The molecular formula is C21H29N7O. The SMILES string of the molecule is Cc1cc(Nc2cc(C3CC3)[nH]n2)nc(NCC2CC(C3CCCCC3)=NO2)n1. The Morgan fingerprint density at radius 2 is 1.90 bits per heavy atom. The molecule has 2 aliphatic carbocycles. The molecule has 0 bridgehead atoms. The summed E-state index contributed by atoms with van der Waals surface area (Å²) in [4.78, 5) is 14.8. The van der Waals surface area contributed by atoms with Crippen molar-refractivity contribution in [1.29, 1.82) is 0 Å². The Labute approximate surface area is 170 Å². The van der Waals surface area contributed by atoms with E-state index >= 15 is 0 Å². The molecule has 8 nitrogen and oxygen atoms in total. The zero-order valence-corrected chi connectivity index (χ0v) is 16.9. The number of aromatic amines is 1. The average molecular weight is 396 g/mol. The molecule has 0 saturated heterocycles. The second kappa shape index (κ2) is 8.00. The summed E-state index contributed by atoms with van der Waals surface area (Å²) < 4.78 is 0. The molecule has 3 aliphatic rings. The largest absolute Gasteiger partial charge is 0.390 e. The van der Waals surface area contributed by atoms with Gasteiger partial charge in [-0.1, -0.05) is 24.4 Å². The number of rotatable bonds is 7. The molecule has 0 amide bonds. The van der Waals surface area contributed by atoms with Crippen molar-refractivity contribution in [3.8, 4) is 0 Å². The van der Waals surface area contributed by atoms with Crippen LogP contribution in [0.4, 0.5) is 17.6 Å². The van der Waals surface area contributed by atoms with Gasteiger partial charge in [0.25, 0.3) is 0 Å². The van der Waals surface area contributed by atoms with Crippen LogP contribution in [0.2, 0.25) is 0 Å². The molecule has 29 heavy (non-hydrogen) atoms. The number of aryl methyl sites for hydroxylation is 1. The highest BCUT2D eigenvalue weighted by Gasteiger charge is 2.28. The molecule has 2 fully saturated rings. The maximum atomic E-state index is 5.67. The third-order valence-electron chi connectivity index (χ3n) is 6.05. The third-order valence-corrected chi connectivity index (χ3v) is 6.05. The number of nitrogens with one attached hydrogen (secondary N) is 3. The fourth-order valence-electron chi connectivity index (χ4n) is 4.29. The van der Waals surface area contributed by atoms with Crippen LogP contribution in [-0.2, 0) is 4.84 Å². The minimum absolute atomic E-state index is 0.0555. The molecule has 154 valence electrons. The van der Waals surface area contributed by atoms with Gasteiger partial charge in [-0.05, 0) is 32.6 Å². The summed E-state index contributed by atoms with van der Waals surface area (Å²) in [6, 6.07) is 3.99. The first-order chi connectivity index (χ1) is 14.2. The van der Waals surface area contributed by atoms with Gasteiger partial charge in [0.05, 0.1) is 12.3 Å². The van der Waals surface area contributed by atoms with Gasteiger partial charge in [-0.2, -0.15) is 10.1 Å². The van der Waals surface area contributed by atoms with Crippen molar-refractivity contribution in [2.75, 3.05) is 17.2 Å². The molecule has 3 N–H and O–H groups in total. The summed E-state index contributed by atoms with van der Waals surface area (Å²) in [5.41, 5.74) is 3.34. The number of H-pyrrole nitrogens is 1. The van der Waals surface area contributed by atoms with Crippen molar-refractivity contribution in [2.45, 2.75) is 70.3 Å². The number of hydrogen-bond acceptors (Lipinski definition) is 7. The molecule has 2 aromatic heterocycles. The summed E-state index contributed by atoms with van der Waals surface area (Å²) in [5, 5.41) is 18.4. The number of nitrogens with zero attached hydrogens (tertiary/aromatic N) is 4. The Morgan fingerprint density at radius 1 is 1.03 bits per heavy atom. The second-order valence-electron chi connectivity index (χ2n) is 8.56. The van der Waals surface area contributed by atoms with E-state index in [-0.39, 0.29) is 6.10 Å². The standard InChI is InChI=1S/C21H29N7O/c1-13-9-19(24-20-11-17(26-27-20)15-7-8-15)25-21(23-13)22-12-16-10-18(28-29-16)14-5-3-2-4-6-14/h9,11,14-16H,2-8,10,12H2,1H3,(H3,22,23,24,25,26,27). The van der Waals surface area contributed by atoms with E-state index in [4.69, 9.17) is 4.84 Å². The highest BCUT2D eigenvalue weighted by atomic mass is 16.6. The first kappa shape index (κ1) is 18.4. The maximum Gasteiger partial charge on any atom is 0.224 e. The van der Waals surface area contributed by atoms with E-state index in [9.17, 15) is 0 Å². The van der Waals surface area contributed by atoms with Gasteiger partial charge in [-0.3, -0.25) is 5.10 Å².